The highest BCUT2D eigenvalue weighted by Crippen LogP contribution is 2.30. The molecule has 1 heterocycles. The van der Waals surface area contributed by atoms with Gasteiger partial charge in [0.15, 0.2) is 9.84 Å². The molecule has 0 spiro atoms. The van der Waals surface area contributed by atoms with Crippen molar-refractivity contribution in [2.24, 2.45) is 0 Å². The van der Waals surface area contributed by atoms with Crippen LogP contribution in [-0.4, -0.2) is 30.6 Å². The molecule has 0 unspecified atom stereocenters. The fourth-order valence-corrected chi connectivity index (χ4v) is 4.06. The minimum absolute atomic E-state index is 0.243. The molecule has 2 aromatic rings. The summed E-state index contributed by atoms with van der Waals surface area (Å²) in [5.74, 6) is -0.864. The van der Waals surface area contributed by atoms with Crippen molar-refractivity contribution in [3.63, 3.8) is 0 Å². The lowest BCUT2D eigenvalue weighted by atomic mass is 9.79. The first-order valence-corrected chi connectivity index (χ1v) is 8.55. The lowest BCUT2D eigenvalue weighted by Crippen LogP contribution is -2.28. The monoisotopic (exact) mass is 349 g/mol. The van der Waals surface area contributed by atoms with Crippen LogP contribution in [0.25, 0.3) is 0 Å². The van der Waals surface area contributed by atoms with Crippen LogP contribution in [0.15, 0.2) is 41.3 Å². The molecule has 0 fully saturated rings. The summed E-state index contributed by atoms with van der Waals surface area (Å²) >= 11 is 0. The maximum absolute atomic E-state index is 12.5. The Hall–Kier alpha value is -2.43. The standard InChI is InChI=1S/C14H12BNO7S/c17-11-3-4-14(13(6-11)16(19)20)24(21,22)8-9-1-2-10-7-23-15(18)12(10)5-9/h1-6,17-18H,7-8H2. The summed E-state index contributed by atoms with van der Waals surface area (Å²) < 4.78 is 30.1. The Balaban J connectivity index is 1.98. The summed E-state index contributed by atoms with van der Waals surface area (Å²) in [6.45, 7) is 0.243. The SMILES string of the molecule is O=[N+]([O-])c1cc(O)ccc1S(=O)(=O)Cc1ccc2c(c1)B(O)OC2. The largest absolute Gasteiger partial charge is 0.508 e. The highest BCUT2D eigenvalue weighted by molar-refractivity contribution is 7.90. The molecular formula is C14H12BNO7S. The van der Waals surface area contributed by atoms with Gasteiger partial charge >= 0.3 is 7.12 Å². The van der Waals surface area contributed by atoms with Gasteiger partial charge in [-0.1, -0.05) is 18.2 Å². The quantitative estimate of drug-likeness (QED) is 0.467. The molecule has 0 saturated carbocycles. The van der Waals surface area contributed by atoms with E-state index in [2.05, 4.69) is 0 Å². The second-order valence-corrected chi connectivity index (χ2v) is 7.32. The number of benzene rings is 2. The second-order valence-electron chi connectivity index (χ2n) is 5.36. The molecule has 8 nitrogen and oxygen atoms in total. The van der Waals surface area contributed by atoms with Crippen LogP contribution in [0.1, 0.15) is 11.1 Å². The number of nitro benzene ring substituents is 1. The summed E-state index contributed by atoms with van der Waals surface area (Å²) in [5.41, 5.74) is 0.947. The molecule has 0 aliphatic carbocycles. The topological polar surface area (TPSA) is 127 Å². The average molecular weight is 349 g/mol. The third-order valence-electron chi connectivity index (χ3n) is 3.70. The van der Waals surface area contributed by atoms with Crippen molar-refractivity contribution in [3.8, 4) is 5.75 Å². The van der Waals surface area contributed by atoms with Crippen LogP contribution in [0, 0.1) is 10.1 Å². The van der Waals surface area contributed by atoms with Gasteiger partial charge in [0.1, 0.15) is 10.6 Å². The van der Waals surface area contributed by atoms with Crippen LogP contribution < -0.4 is 5.46 Å². The van der Waals surface area contributed by atoms with Gasteiger partial charge in [-0.05, 0) is 28.7 Å². The minimum Gasteiger partial charge on any atom is -0.508 e. The van der Waals surface area contributed by atoms with Gasteiger partial charge in [-0.25, -0.2) is 8.42 Å². The number of hydrogen-bond acceptors (Lipinski definition) is 7. The fourth-order valence-electron chi connectivity index (χ4n) is 2.56. The third kappa shape index (κ3) is 2.98. The van der Waals surface area contributed by atoms with Crippen LogP contribution in [0.2, 0.25) is 0 Å². The van der Waals surface area contributed by atoms with Gasteiger partial charge in [-0.2, -0.15) is 0 Å². The number of hydrogen-bond donors (Lipinski definition) is 2. The van der Waals surface area contributed by atoms with Crippen LogP contribution in [0.5, 0.6) is 5.75 Å². The molecule has 1 aliphatic rings. The van der Waals surface area contributed by atoms with E-state index in [0.717, 1.165) is 23.8 Å². The molecule has 2 N–H and O–H groups in total. The van der Waals surface area contributed by atoms with Gasteiger partial charge in [-0.3, -0.25) is 10.1 Å². The maximum Gasteiger partial charge on any atom is 0.491 e. The first kappa shape index (κ1) is 16.4. The summed E-state index contributed by atoms with van der Waals surface area (Å²) in [5, 5.41) is 30.1. The molecular weight excluding hydrogens is 337 g/mol. The van der Waals surface area contributed by atoms with Crippen molar-refractivity contribution in [1.29, 1.82) is 0 Å². The molecule has 1 aliphatic heterocycles. The van der Waals surface area contributed by atoms with Crippen LogP contribution in [0.4, 0.5) is 5.69 Å². The molecule has 0 radical (unpaired) electrons. The number of nitrogens with zero attached hydrogens (tertiary/aromatic N) is 1. The Kier molecular flexibility index (Phi) is 4.04. The van der Waals surface area contributed by atoms with Gasteiger partial charge in [0.05, 0.1) is 23.3 Å². The van der Waals surface area contributed by atoms with E-state index in [-0.39, 0.29) is 6.61 Å². The highest BCUT2D eigenvalue weighted by Gasteiger charge is 2.30. The second kappa shape index (κ2) is 5.89. The zero-order valence-electron chi connectivity index (χ0n) is 12.2. The highest BCUT2D eigenvalue weighted by atomic mass is 32.2. The molecule has 0 amide bonds. The van der Waals surface area contributed by atoms with Crippen LogP contribution in [-0.2, 0) is 26.9 Å². The zero-order valence-corrected chi connectivity index (χ0v) is 13.1. The molecule has 3 rings (SSSR count). The lowest BCUT2D eigenvalue weighted by Gasteiger charge is -2.08. The Bertz CT molecular complexity index is 929. The third-order valence-corrected chi connectivity index (χ3v) is 5.43. The Morgan fingerprint density at radius 2 is 2.00 bits per heavy atom. The van der Waals surface area contributed by atoms with Crippen molar-refractivity contribution in [1.82, 2.24) is 0 Å². The first-order valence-electron chi connectivity index (χ1n) is 6.89. The Labute approximate surface area is 137 Å². The fraction of sp³-hybridized carbons (Fsp3) is 0.143. The van der Waals surface area contributed by atoms with Gasteiger partial charge in [0, 0.05) is 0 Å². The number of phenols is 1. The predicted octanol–water partition coefficient (Wildman–Crippen LogP) is 0.492. The van der Waals surface area contributed by atoms with Crippen LogP contribution in [0.3, 0.4) is 0 Å². The van der Waals surface area contributed by atoms with E-state index in [1.807, 2.05) is 0 Å². The molecule has 0 saturated heterocycles. The van der Waals surface area contributed by atoms with E-state index in [1.165, 1.54) is 6.07 Å². The molecule has 2 aromatic carbocycles. The Morgan fingerprint density at radius 1 is 1.25 bits per heavy atom. The van der Waals surface area contributed by atoms with E-state index < -0.39 is 44.0 Å². The van der Waals surface area contributed by atoms with Crippen molar-refractivity contribution in [2.45, 2.75) is 17.3 Å². The number of fused-ring (bicyclic) bond motifs is 1. The van der Waals surface area contributed by atoms with Crippen molar-refractivity contribution in [2.75, 3.05) is 0 Å². The predicted molar refractivity (Wildman–Crippen MR) is 84.5 cm³/mol. The van der Waals surface area contributed by atoms with Gasteiger partial charge in [0.2, 0.25) is 0 Å². The normalized spacial score (nSPS) is 13.8. The lowest BCUT2D eigenvalue weighted by molar-refractivity contribution is -0.387. The summed E-state index contributed by atoms with van der Waals surface area (Å²) in [7, 11) is -5.12. The smallest absolute Gasteiger partial charge is 0.491 e. The van der Waals surface area contributed by atoms with E-state index in [0.29, 0.717) is 11.0 Å². The average Bonchev–Trinajstić information content (AvgIpc) is 2.87. The van der Waals surface area contributed by atoms with Crippen molar-refractivity contribution in [3.05, 3.63) is 57.6 Å². The molecule has 124 valence electrons. The molecule has 0 aromatic heterocycles. The van der Waals surface area contributed by atoms with Crippen LogP contribution >= 0.6 is 0 Å². The molecule has 0 bridgehead atoms. The summed E-state index contributed by atoms with van der Waals surface area (Å²) in [6.07, 6.45) is 0. The number of phenolic OH excluding ortho intramolecular Hbond substituents is 1. The number of rotatable bonds is 4. The van der Waals surface area contributed by atoms with Crippen molar-refractivity contribution < 1.29 is 28.1 Å². The zero-order chi connectivity index (χ0) is 17.5. The summed E-state index contributed by atoms with van der Waals surface area (Å²) in [4.78, 5) is 9.73. The number of sulfone groups is 1. The molecule has 24 heavy (non-hydrogen) atoms. The number of aromatic hydroxyl groups is 1. The number of nitro groups is 1. The van der Waals surface area contributed by atoms with Crippen molar-refractivity contribution >= 4 is 28.1 Å². The maximum atomic E-state index is 12.5. The van der Waals surface area contributed by atoms with Gasteiger partial charge in [-0.15, -0.1) is 0 Å². The van der Waals surface area contributed by atoms with Gasteiger partial charge < -0.3 is 14.8 Å². The van der Waals surface area contributed by atoms with E-state index >= 15 is 0 Å². The van der Waals surface area contributed by atoms with Gasteiger partial charge in [0.25, 0.3) is 5.69 Å². The first-order chi connectivity index (χ1) is 11.3. The molecule has 0 atom stereocenters. The van der Waals surface area contributed by atoms with E-state index in [9.17, 15) is 28.7 Å². The van der Waals surface area contributed by atoms with E-state index in [1.54, 1.807) is 12.1 Å². The van der Waals surface area contributed by atoms with E-state index in [4.69, 9.17) is 4.65 Å². The Morgan fingerprint density at radius 3 is 2.71 bits per heavy atom. The molecule has 10 heteroatoms. The minimum atomic E-state index is -4.02. The summed E-state index contributed by atoms with van der Waals surface area (Å²) in [6, 6.07) is 7.63.